The molecular weight excluding hydrogens is 442 g/mol. The largest absolute Gasteiger partial charge is 0.487 e. The van der Waals surface area contributed by atoms with Gasteiger partial charge in [0.1, 0.15) is 16.7 Å². The fourth-order valence-electron chi connectivity index (χ4n) is 3.82. The first-order valence-corrected chi connectivity index (χ1v) is 12.8. The van der Waals surface area contributed by atoms with Crippen molar-refractivity contribution in [3.05, 3.63) is 23.8 Å². The van der Waals surface area contributed by atoms with E-state index in [2.05, 4.69) is 11.8 Å². The summed E-state index contributed by atoms with van der Waals surface area (Å²) in [6.45, 7) is 4.42. The summed E-state index contributed by atoms with van der Waals surface area (Å²) in [6.07, 6.45) is 1.43. The standard InChI is InChI=1S/C24H35N3O5S/c1-17-14-27(18(2)16-28)33(30,31)23-11-8-19(7-6-12-25(3)4)13-21(23)32-22(17)15-26(5)24(29)20-9-10-20/h8,11,13,17-18,20,22,28H,9-10,12,14-16H2,1-5H3/t17-,18+,22-/m0/s1. The first-order chi connectivity index (χ1) is 15.5. The minimum absolute atomic E-state index is 0.0500. The molecule has 2 aliphatic rings. The smallest absolute Gasteiger partial charge is 0.247 e. The van der Waals surface area contributed by atoms with Crippen molar-refractivity contribution in [2.75, 3.05) is 47.4 Å². The number of likely N-dealkylation sites (N-methyl/N-ethyl adjacent to an activating group) is 1. The molecule has 0 unspecified atom stereocenters. The van der Waals surface area contributed by atoms with Crippen LogP contribution in [0.1, 0.15) is 32.3 Å². The van der Waals surface area contributed by atoms with Crippen LogP contribution in [0.3, 0.4) is 0 Å². The van der Waals surface area contributed by atoms with Gasteiger partial charge in [0.15, 0.2) is 0 Å². The van der Waals surface area contributed by atoms with Gasteiger partial charge in [0, 0.05) is 37.0 Å². The molecule has 1 aliphatic heterocycles. The van der Waals surface area contributed by atoms with E-state index in [-0.39, 0.29) is 41.5 Å². The number of rotatable bonds is 6. The van der Waals surface area contributed by atoms with Gasteiger partial charge in [-0.05, 0) is 52.1 Å². The van der Waals surface area contributed by atoms with E-state index in [0.717, 1.165) is 12.8 Å². The van der Waals surface area contributed by atoms with Gasteiger partial charge in [-0.3, -0.25) is 9.69 Å². The Morgan fingerprint density at radius 1 is 1.30 bits per heavy atom. The van der Waals surface area contributed by atoms with Crippen molar-refractivity contribution in [1.82, 2.24) is 14.1 Å². The second-order valence-electron chi connectivity index (χ2n) is 9.43. The van der Waals surface area contributed by atoms with Crippen molar-refractivity contribution < 1.29 is 23.1 Å². The zero-order chi connectivity index (χ0) is 24.3. The van der Waals surface area contributed by atoms with Crippen molar-refractivity contribution in [1.29, 1.82) is 0 Å². The quantitative estimate of drug-likeness (QED) is 0.620. The third-order valence-electron chi connectivity index (χ3n) is 6.05. The molecule has 1 aromatic rings. The van der Waals surface area contributed by atoms with Gasteiger partial charge in [0.25, 0.3) is 0 Å². The average molecular weight is 478 g/mol. The number of hydrogen-bond acceptors (Lipinski definition) is 6. The van der Waals surface area contributed by atoms with Crippen molar-refractivity contribution >= 4 is 15.9 Å². The van der Waals surface area contributed by atoms with Gasteiger partial charge >= 0.3 is 0 Å². The molecule has 1 saturated carbocycles. The van der Waals surface area contributed by atoms with Crippen molar-refractivity contribution in [2.45, 2.75) is 43.7 Å². The monoisotopic (exact) mass is 477 g/mol. The molecule has 8 nitrogen and oxygen atoms in total. The van der Waals surface area contributed by atoms with Crippen LogP contribution in [-0.2, 0) is 14.8 Å². The molecule has 1 amide bonds. The normalized spacial score (nSPS) is 23.4. The van der Waals surface area contributed by atoms with Crippen LogP contribution in [0.2, 0.25) is 0 Å². The van der Waals surface area contributed by atoms with Crippen molar-refractivity contribution in [3.8, 4) is 17.6 Å². The Labute approximate surface area is 197 Å². The lowest BCUT2D eigenvalue weighted by Gasteiger charge is -2.37. The number of carbonyl (C=O) groups excluding carboxylic acids is 1. The minimum atomic E-state index is -3.90. The van der Waals surface area contributed by atoms with E-state index in [9.17, 15) is 18.3 Å². The van der Waals surface area contributed by atoms with Crippen LogP contribution in [0.4, 0.5) is 0 Å². The SMILES string of the molecule is C[C@H](CO)N1C[C@H](C)[C@H](CN(C)C(=O)C2CC2)Oc2cc(C#CCN(C)C)ccc2S1(=O)=O. The number of fused-ring (bicyclic) bond motifs is 1. The van der Waals surface area contributed by atoms with E-state index in [1.807, 2.05) is 25.9 Å². The van der Waals surface area contributed by atoms with E-state index in [1.54, 1.807) is 31.0 Å². The van der Waals surface area contributed by atoms with Crippen molar-refractivity contribution in [2.24, 2.45) is 11.8 Å². The Kier molecular flexibility index (Phi) is 8.06. The molecule has 0 radical (unpaired) electrons. The van der Waals surface area contributed by atoms with Crippen LogP contribution in [0.5, 0.6) is 5.75 Å². The number of hydrogen-bond donors (Lipinski definition) is 1. The van der Waals surface area contributed by atoms with Gasteiger partial charge in [0.05, 0.1) is 19.7 Å². The maximum absolute atomic E-state index is 13.5. The molecule has 1 aromatic carbocycles. The fraction of sp³-hybridized carbons (Fsp3) is 0.625. The highest BCUT2D eigenvalue weighted by molar-refractivity contribution is 7.89. The first-order valence-electron chi connectivity index (χ1n) is 11.4. The van der Waals surface area contributed by atoms with Crippen LogP contribution in [0.25, 0.3) is 0 Å². The summed E-state index contributed by atoms with van der Waals surface area (Å²) in [4.78, 5) is 16.2. The summed E-state index contributed by atoms with van der Waals surface area (Å²) in [7, 11) is 1.72. The molecule has 33 heavy (non-hydrogen) atoms. The topological polar surface area (TPSA) is 90.4 Å². The number of sulfonamides is 1. The average Bonchev–Trinajstić information content (AvgIpc) is 3.60. The second-order valence-corrected chi connectivity index (χ2v) is 11.3. The molecular formula is C24H35N3O5S. The summed E-state index contributed by atoms with van der Waals surface area (Å²) in [5.74, 6) is 6.33. The van der Waals surface area contributed by atoms with E-state index in [4.69, 9.17) is 4.74 Å². The number of carbonyl (C=O) groups is 1. The zero-order valence-electron chi connectivity index (χ0n) is 20.1. The van der Waals surface area contributed by atoms with E-state index in [0.29, 0.717) is 18.7 Å². The molecule has 3 rings (SSSR count). The third-order valence-corrected chi connectivity index (χ3v) is 8.07. The number of aliphatic hydroxyl groups is 1. The number of benzene rings is 1. The summed E-state index contributed by atoms with van der Waals surface area (Å²) >= 11 is 0. The maximum atomic E-state index is 13.5. The molecule has 182 valence electrons. The van der Waals surface area contributed by atoms with E-state index >= 15 is 0 Å². The highest BCUT2D eigenvalue weighted by Gasteiger charge is 2.39. The Morgan fingerprint density at radius 2 is 2.00 bits per heavy atom. The van der Waals surface area contributed by atoms with Crippen molar-refractivity contribution in [3.63, 3.8) is 0 Å². The molecule has 3 atom stereocenters. The van der Waals surface area contributed by atoms with Gasteiger partial charge < -0.3 is 14.7 Å². The first kappa shape index (κ1) is 25.5. The lowest BCUT2D eigenvalue weighted by atomic mass is 10.0. The van der Waals surface area contributed by atoms with Gasteiger partial charge in [-0.15, -0.1) is 0 Å². The summed E-state index contributed by atoms with van der Waals surface area (Å²) in [6, 6.07) is 4.26. The Bertz CT molecular complexity index is 1030. The lowest BCUT2D eigenvalue weighted by molar-refractivity contribution is -0.132. The van der Waals surface area contributed by atoms with Crippen LogP contribution in [0, 0.1) is 23.7 Å². The molecule has 1 fully saturated rings. The predicted molar refractivity (Wildman–Crippen MR) is 126 cm³/mol. The molecule has 1 heterocycles. The van der Waals surface area contributed by atoms with E-state index < -0.39 is 22.2 Å². The lowest BCUT2D eigenvalue weighted by Crippen LogP contribution is -2.50. The minimum Gasteiger partial charge on any atom is -0.487 e. The Balaban J connectivity index is 2.00. The highest BCUT2D eigenvalue weighted by Crippen LogP contribution is 2.35. The number of aliphatic hydroxyl groups excluding tert-OH is 1. The third kappa shape index (κ3) is 6.07. The van der Waals surface area contributed by atoms with Gasteiger partial charge in [0.2, 0.25) is 15.9 Å². The molecule has 0 aromatic heterocycles. The molecule has 0 bridgehead atoms. The number of ether oxygens (including phenoxy) is 1. The zero-order valence-corrected chi connectivity index (χ0v) is 20.9. The van der Waals surface area contributed by atoms with E-state index in [1.165, 1.54) is 10.4 Å². The molecule has 9 heteroatoms. The number of nitrogens with zero attached hydrogens (tertiary/aromatic N) is 3. The fourth-order valence-corrected chi connectivity index (χ4v) is 5.65. The van der Waals surface area contributed by atoms with Crippen LogP contribution in [0.15, 0.2) is 23.1 Å². The molecule has 0 saturated heterocycles. The van der Waals surface area contributed by atoms with Crippen LogP contribution in [-0.4, -0.2) is 93.1 Å². The van der Waals surface area contributed by atoms with Gasteiger partial charge in [-0.1, -0.05) is 18.8 Å². The molecule has 0 spiro atoms. The molecule has 1 N–H and O–H groups in total. The van der Waals surface area contributed by atoms with Crippen LogP contribution < -0.4 is 4.74 Å². The number of amides is 1. The predicted octanol–water partition coefficient (Wildman–Crippen LogP) is 1.24. The van der Waals surface area contributed by atoms with Crippen LogP contribution >= 0.6 is 0 Å². The summed E-state index contributed by atoms with van der Waals surface area (Å²) in [5.41, 5.74) is 0.655. The highest BCUT2D eigenvalue weighted by atomic mass is 32.2. The summed E-state index contributed by atoms with van der Waals surface area (Å²) in [5, 5.41) is 9.74. The summed E-state index contributed by atoms with van der Waals surface area (Å²) < 4.78 is 34.6. The second kappa shape index (κ2) is 10.4. The Hall–Kier alpha value is -2.12. The maximum Gasteiger partial charge on any atom is 0.247 e. The Morgan fingerprint density at radius 3 is 2.61 bits per heavy atom. The molecule has 1 aliphatic carbocycles. The van der Waals surface area contributed by atoms with Gasteiger partial charge in [-0.2, -0.15) is 4.31 Å². The van der Waals surface area contributed by atoms with Gasteiger partial charge in [-0.25, -0.2) is 8.42 Å².